The molecular formula is C57H39N. The first-order valence-electron chi connectivity index (χ1n) is 20.4. The third kappa shape index (κ3) is 4.65. The number of fused-ring (bicyclic) bond motifs is 17. The maximum atomic E-state index is 2.53. The van der Waals surface area contributed by atoms with Crippen molar-refractivity contribution in [1.82, 2.24) is 0 Å². The van der Waals surface area contributed by atoms with E-state index in [9.17, 15) is 0 Å². The lowest BCUT2D eigenvalue weighted by Gasteiger charge is -2.31. The molecule has 58 heavy (non-hydrogen) atoms. The van der Waals surface area contributed by atoms with Gasteiger partial charge in [0.2, 0.25) is 0 Å². The molecule has 0 saturated heterocycles. The molecule has 0 bridgehead atoms. The van der Waals surface area contributed by atoms with Crippen molar-refractivity contribution in [3.63, 3.8) is 0 Å². The average molecular weight is 738 g/mol. The maximum absolute atomic E-state index is 2.53. The summed E-state index contributed by atoms with van der Waals surface area (Å²) in [6.07, 6.45) is 0. The molecule has 272 valence electrons. The van der Waals surface area contributed by atoms with Crippen LogP contribution in [-0.2, 0) is 5.41 Å². The van der Waals surface area contributed by atoms with Gasteiger partial charge in [-0.15, -0.1) is 0 Å². The van der Waals surface area contributed by atoms with Crippen LogP contribution in [0.1, 0.15) is 25.0 Å². The van der Waals surface area contributed by atoms with Gasteiger partial charge in [-0.3, -0.25) is 0 Å². The Morgan fingerprint density at radius 1 is 0.293 bits per heavy atom. The van der Waals surface area contributed by atoms with E-state index in [2.05, 4.69) is 219 Å². The summed E-state index contributed by atoms with van der Waals surface area (Å²) in [5.74, 6) is 0. The Morgan fingerprint density at radius 2 is 0.690 bits per heavy atom. The first kappa shape index (κ1) is 33.0. The van der Waals surface area contributed by atoms with E-state index in [0.717, 1.165) is 11.4 Å². The topological polar surface area (TPSA) is 3.24 Å². The van der Waals surface area contributed by atoms with E-state index < -0.39 is 0 Å². The monoisotopic (exact) mass is 737 g/mol. The number of benzene rings is 10. The van der Waals surface area contributed by atoms with E-state index >= 15 is 0 Å². The highest BCUT2D eigenvalue weighted by Crippen LogP contribution is 2.55. The zero-order valence-corrected chi connectivity index (χ0v) is 32.5. The molecule has 2 aliphatic carbocycles. The molecule has 0 aliphatic heterocycles. The molecule has 1 nitrogen and oxygen atoms in total. The molecule has 0 fully saturated rings. The summed E-state index contributed by atoms with van der Waals surface area (Å²) in [7, 11) is 0. The number of nitrogens with zero attached hydrogens (tertiary/aromatic N) is 1. The van der Waals surface area contributed by atoms with Crippen molar-refractivity contribution in [2.24, 2.45) is 0 Å². The lowest BCUT2D eigenvalue weighted by Crippen LogP contribution is -2.16. The number of hydrogen-bond acceptors (Lipinski definition) is 1. The van der Waals surface area contributed by atoms with Crippen molar-refractivity contribution in [3.8, 4) is 55.6 Å². The van der Waals surface area contributed by atoms with Gasteiger partial charge in [-0.05, 0) is 124 Å². The van der Waals surface area contributed by atoms with E-state index in [1.54, 1.807) is 0 Å². The van der Waals surface area contributed by atoms with Crippen LogP contribution in [0.15, 0.2) is 200 Å². The van der Waals surface area contributed by atoms with E-state index in [1.165, 1.54) is 105 Å². The van der Waals surface area contributed by atoms with Crippen LogP contribution in [0.25, 0.3) is 88.0 Å². The van der Waals surface area contributed by atoms with Crippen LogP contribution in [0.4, 0.5) is 17.1 Å². The fraction of sp³-hybridized carbons (Fsp3) is 0.0526. The van der Waals surface area contributed by atoms with Gasteiger partial charge in [-0.2, -0.15) is 0 Å². The van der Waals surface area contributed by atoms with Gasteiger partial charge in [-0.25, -0.2) is 0 Å². The van der Waals surface area contributed by atoms with Crippen LogP contribution in [-0.4, -0.2) is 0 Å². The number of hydrogen-bond donors (Lipinski definition) is 0. The highest BCUT2D eigenvalue weighted by molar-refractivity contribution is 6.26. The summed E-state index contributed by atoms with van der Waals surface area (Å²) in [5, 5.41) is 7.64. The van der Waals surface area contributed by atoms with Gasteiger partial charge < -0.3 is 4.90 Å². The summed E-state index contributed by atoms with van der Waals surface area (Å²) >= 11 is 0. The third-order valence-corrected chi connectivity index (χ3v) is 13.0. The molecule has 0 atom stereocenters. The van der Waals surface area contributed by atoms with Gasteiger partial charge in [0.05, 0.1) is 5.69 Å². The second-order valence-electron chi connectivity index (χ2n) is 16.4. The predicted molar refractivity (Wildman–Crippen MR) is 247 cm³/mol. The highest BCUT2D eigenvalue weighted by atomic mass is 15.1. The summed E-state index contributed by atoms with van der Waals surface area (Å²) in [4.78, 5) is 2.53. The Balaban J connectivity index is 1.18. The number of anilines is 3. The number of rotatable bonds is 3. The highest BCUT2D eigenvalue weighted by Gasteiger charge is 2.38. The van der Waals surface area contributed by atoms with Crippen molar-refractivity contribution < 1.29 is 0 Å². The molecule has 0 aromatic heterocycles. The normalized spacial score (nSPS) is 13.1. The van der Waals surface area contributed by atoms with Crippen LogP contribution in [0, 0.1) is 0 Å². The van der Waals surface area contributed by atoms with E-state index in [4.69, 9.17) is 0 Å². The van der Waals surface area contributed by atoms with Crippen LogP contribution >= 0.6 is 0 Å². The van der Waals surface area contributed by atoms with Crippen molar-refractivity contribution in [3.05, 3.63) is 211 Å². The van der Waals surface area contributed by atoms with Gasteiger partial charge in [0.1, 0.15) is 0 Å². The lowest BCUT2D eigenvalue weighted by atomic mass is 9.80. The van der Waals surface area contributed by atoms with Crippen LogP contribution < -0.4 is 4.90 Å². The predicted octanol–water partition coefficient (Wildman–Crippen LogP) is 15.9. The van der Waals surface area contributed by atoms with Gasteiger partial charge in [0.25, 0.3) is 0 Å². The Labute approximate surface area is 339 Å². The molecule has 10 aromatic carbocycles. The molecule has 0 heterocycles. The van der Waals surface area contributed by atoms with Gasteiger partial charge >= 0.3 is 0 Å². The SMILES string of the molecule is CC1(C)c2ccccc2-c2c(N(c3ccc4c(c3)-c3ccccc3-c3ccccc3-c3ccccc3-4)c3ccc4c5ccccc5c5ccccc5c4c3)cccc21. The molecule has 10 aromatic rings. The minimum Gasteiger partial charge on any atom is -0.310 e. The third-order valence-electron chi connectivity index (χ3n) is 13.0. The van der Waals surface area contributed by atoms with Crippen molar-refractivity contribution >= 4 is 49.4 Å². The summed E-state index contributed by atoms with van der Waals surface area (Å²) < 4.78 is 0. The van der Waals surface area contributed by atoms with E-state index in [-0.39, 0.29) is 5.41 Å². The fourth-order valence-electron chi connectivity index (χ4n) is 10.4. The zero-order chi connectivity index (χ0) is 38.5. The van der Waals surface area contributed by atoms with Gasteiger partial charge in [-0.1, -0.05) is 184 Å². The van der Waals surface area contributed by atoms with Crippen LogP contribution in [0.5, 0.6) is 0 Å². The quantitative estimate of drug-likeness (QED) is 0.163. The van der Waals surface area contributed by atoms with E-state index in [1.807, 2.05) is 0 Å². The van der Waals surface area contributed by atoms with Gasteiger partial charge in [0.15, 0.2) is 0 Å². The summed E-state index contributed by atoms with van der Waals surface area (Å²) in [6, 6.07) is 74.7. The largest absolute Gasteiger partial charge is 0.310 e. The molecule has 0 radical (unpaired) electrons. The standard InChI is InChI=1S/C57H39N/c1-57(2)53-27-14-13-26-50(53)56-54(57)28-15-29-55(56)58(37-31-33-49-45-23-8-6-19-41(45)43-21-10-12-25-47(43)52(49)35-37)36-30-32-48-44-22-7-5-18-40(44)38-16-3-4-17-39(38)42-20-9-11-24-46(42)51(48)34-36/h3-35H,1-2H3. The average Bonchev–Trinajstić information content (AvgIpc) is 3.52. The van der Waals surface area contributed by atoms with E-state index in [0.29, 0.717) is 0 Å². The molecule has 0 spiro atoms. The van der Waals surface area contributed by atoms with Gasteiger partial charge in [0, 0.05) is 22.4 Å². The zero-order valence-electron chi connectivity index (χ0n) is 32.5. The molecular weight excluding hydrogens is 699 g/mol. The summed E-state index contributed by atoms with van der Waals surface area (Å²) in [5.41, 5.74) is 18.6. The Kier molecular flexibility index (Phi) is 7.04. The Hall–Kier alpha value is -7.22. The van der Waals surface area contributed by atoms with Crippen molar-refractivity contribution in [2.45, 2.75) is 19.3 Å². The minimum absolute atomic E-state index is 0.131. The van der Waals surface area contributed by atoms with Crippen molar-refractivity contribution in [2.75, 3.05) is 4.90 Å². The molecule has 12 rings (SSSR count). The first-order chi connectivity index (χ1) is 28.6. The maximum Gasteiger partial charge on any atom is 0.0543 e. The smallest absolute Gasteiger partial charge is 0.0543 e. The van der Waals surface area contributed by atoms with Crippen LogP contribution in [0.2, 0.25) is 0 Å². The minimum atomic E-state index is -0.131. The second-order valence-corrected chi connectivity index (χ2v) is 16.4. The Bertz CT molecular complexity index is 3290. The second kappa shape index (κ2) is 12.4. The fourth-order valence-corrected chi connectivity index (χ4v) is 10.4. The van der Waals surface area contributed by atoms with Crippen LogP contribution in [0.3, 0.4) is 0 Å². The summed E-state index contributed by atoms with van der Waals surface area (Å²) in [6.45, 7) is 4.74. The first-order valence-corrected chi connectivity index (χ1v) is 20.4. The van der Waals surface area contributed by atoms with Crippen molar-refractivity contribution in [1.29, 1.82) is 0 Å². The molecule has 0 amide bonds. The molecule has 2 aliphatic rings. The molecule has 0 saturated carbocycles. The molecule has 0 N–H and O–H groups in total. The molecule has 1 heteroatoms. The lowest BCUT2D eigenvalue weighted by molar-refractivity contribution is 0.660. The Morgan fingerprint density at radius 3 is 1.26 bits per heavy atom. The molecule has 0 unspecified atom stereocenters.